The Kier molecular flexibility index (Phi) is 6.46. The van der Waals surface area contributed by atoms with Crippen molar-refractivity contribution in [3.63, 3.8) is 0 Å². The zero-order valence-electron chi connectivity index (χ0n) is 10.4. The summed E-state index contributed by atoms with van der Waals surface area (Å²) in [5, 5.41) is 0. The second-order valence-corrected chi connectivity index (χ2v) is 3.90. The van der Waals surface area contributed by atoms with Crippen molar-refractivity contribution in [1.29, 1.82) is 0 Å². The lowest BCUT2D eigenvalue weighted by molar-refractivity contribution is -0.167. The smallest absolute Gasteiger partial charge is 0.330 e. The highest BCUT2D eigenvalue weighted by Crippen LogP contribution is 2.15. The van der Waals surface area contributed by atoms with Crippen LogP contribution < -0.4 is 0 Å². The van der Waals surface area contributed by atoms with E-state index in [0.717, 1.165) is 6.08 Å². The van der Waals surface area contributed by atoms with Crippen LogP contribution in [0.3, 0.4) is 0 Å². The molecule has 0 aromatic carbocycles. The van der Waals surface area contributed by atoms with Crippen LogP contribution in [0.1, 0.15) is 34.1 Å². The number of esters is 2. The lowest BCUT2D eigenvalue weighted by atomic mass is 10.0. The Balaban J connectivity index is 4.46. The van der Waals surface area contributed by atoms with Gasteiger partial charge in [0.1, 0.15) is 12.2 Å². The van der Waals surface area contributed by atoms with E-state index in [-0.39, 0.29) is 11.9 Å². The first-order valence-electron chi connectivity index (χ1n) is 5.44. The van der Waals surface area contributed by atoms with Crippen LogP contribution in [-0.2, 0) is 19.1 Å². The molecule has 0 amide bonds. The molecule has 0 saturated carbocycles. The Labute approximate surface area is 96.6 Å². The van der Waals surface area contributed by atoms with Gasteiger partial charge in [-0.1, -0.05) is 27.4 Å². The van der Waals surface area contributed by atoms with Crippen molar-refractivity contribution in [3.05, 3.63) is 12.7 Å². The zero-order chi connectivity index (χ0) is 12.7. The molecule has 0 radical (unpaired) electrons. The largest absolute Gasteiger partial charge is 0.458 e. The summed E-state index contributed by atoms with van der Waals surface area (Å²) in [6.45, 7) is 10.6. The quantitative estimate of drug-likeness (QED) is 0.516. The summed E-state index contributed by atoms with van der Waals surface area (Å²) in [7, 11) is 0. The second-order valence-electron chi connectivity index (χ2n) is 3.90. The minimum atomic E-state index is -0.509. The minimum absolute atomic E-state index is 0.0862. The number of ether oxygens (including phenoxy) is 2. The maximum Gasteiger partial charge on any atom is 0.330 e. The molecule has 0 heterocycles. The van der Waals surface area contributed by atoms with Crippen LogP contribution in [-0.4, -0.2) is 24.1 Å². The number of hydrogen-bond donors (Lipinski definition) is 0. The maximum atomic E-state index is 11.2. The van der Waals surface area contributed by atoms with Gasteiger partial charge >= 0.3 is 11.9 Å². The van der Waals surface area contributed by atoms with E-state index < -0.39 is 18.2 Å². The maximum absolute atomic E-state index is 11.2. The first-order valence-corrected chi connectivity index (χ1v) is 5.44. The summed E-state index contributed by atoms with van der Waals surface area (Å²) < 4.78 is 10.3. The molecule has 16 heavy (non-hydrogen) atoms. The highest BCUT2D eigenvalue weighted by Gasteiger charge is 2.26. The molecule has 0 aliphatic rings. The van der Waals surface area contributed by atoms with E-state index in [0.29, 0.717) is 6.42 Å². The SMILES string of the molecule is C=CC(=O)OC(C)C(OC(=O)CC)C(C)C. The molecule has 0 aliphatic carbocycles. The molecule has 4 heteroatoms. The van der Waals surface area contributed by atoms with Gasteiger partial charge in [0.15, 0.2) is 0 Å². The van der Waals surface area contributed by atoms with Crippen molar-refractivity contribution in [2.75, 3.05) is 0 Å². The number of carbonyl (C=O) groups is 2. The van der Waals surface area contributed by atoms with Crippen LogP contribution in [0.15, 0.2) is 12.7 Å². The second kappa shape index (κ2) is 7.04. The first kappa shape index (κ1) is 14.7. The van der Waals surface area contributed by atoms with Crippen molar-refractivity contribution in [2.45, 2.75) is 46.3 Å². The van der Waals surface area contributed by atoms with Gasteiger partial charge in [-0.25, -0.2) is 4.79 Å². The Morgan fingerprint density at radius 2 is 1.81 bits per heavy atom. The van der Waals surface area contributed by atoms with Gasteiger partial charge in [0.2, 0.25) is 0 Å². The molecule has 0 fully saturated rings. The van der Waals surface area contributed by atoms with Gasteiger partial charge in [0.05, 0.1) is 0 Å². The lowest BCUT2D eigenvalue weighted by Gasteiger charge is -2.26. The van der Waals surface area contributed by atoms with Crippen LogP contribution in [0.5, 0.6) is 0 Å². The van der Waals surface area contributed by atoms with E-state index in [1.165, 1.54) is 0 Å². The molecule has 92 valence electrons. The Hall–Kier alpha value is -1.32. The minimum Gasteiger partial charge on any atom is -0.458 e. The monoisotopic (exact) mass is 228 g/mol. The van der Waals surface area contributed by atoms with Crippen molar-refractivity contribution in [1.82, 2.24) is 0 Å². The predicted octanol–water partition coefficient (Wildman–Crippen LogP) is 2.08. The summed E-state index contributed by atoms with van der Waals surface area (Å²) in [5.41, 5.74) is 0. The predicted molar refractivity (Wildman–Crippen MR) is 60.8 cm³/mol. The zero-order valence-corrected chi connectivity index (χ0v) is 10.4. The van der Waals surface area contributed by atoms with Crippen LogP contribution in [0.25, 0.3) is 0 Å². The molecule has 0 saturated heterocycles. The fourth-order valence-corrected chi connectivity index (χ4v) is 1.31. The summed E-state index contributed by atoms with van der Waals surface area (Å²) >= 11 is 0. The Morgan fingerprint density at radius 1 is 1.25 bits per heavy atom. The molecular weight excluding hydrogens is 208 g/mol. The molecule has 0 bridgehead atoms. The molecule has 0 rings (SSSR count). The van der Waals surface area contributed by atoms with Gasteiger partial charge in [0, 0.05) is 12.5 Å². The average Bonchev–Trinajstić information content (AvgIpc) is 2.24. The van der Waals surface area contributed by atoms with E-state index in [1.807, 2.05) is 13.8 Å². The van der Waals surface area contributed by atoms with Crippen molar-refractivity contribution < 1.29 is 19.1 Å². The molecule has 0 aliphatic heterocycles. The number of rotatable bonds is 6. The first-order chi connectivity index (χ1) is 7.42. The van der Waals surface area contributed by atoms with Gasteiger partial charge < -0.3 is 9.47 Å². The third kappa shape index (κ3) is 4.96. The standard InChI is InChI=1S/C12H20O4/c1-6-10(13)15-9(5)12(8(3)4)16-11(14)7-2/h6,8-9,12H,1,7H2,2-5H3. The average molecular weight is 228 g/mol. The van der Waals surface area contributed by atoms with Gasteiger partial charge in [-0.05, 0) is 12.8 Å². The molecule has 2 unspecified atom stereocenters. The molecule has 0 aromatic rings. The van der Waals surface area contributed by atoms with Gasteiger partial charge in [-0.3, -0.25) is 4.79 Å². The molecule has 2 atom stereocenters. The van der Waals surface area contributed by atoms with E-state index in [9.17, 15) is 9.59 Å². The van der Waals surface area contributed by atoms with Crippen molar-refractivity contribution >= 4 is 11.9 Å². The van der Waals surface area contributed by atoms with E-state index in [4.69, 9.17) is 9.47 Å². The molecule has 0 spiro atoms. The fourth-order valence-electron chi connectivity index (χ4n) is 1.31. The summed E-state index contributed by atoms with van der Waals surface area (Å²) in [6, 6.07) is 0. The third-order valence-corrected chi connectivity index (χ3v) is 2.14. The van der Waals surface area contributed by atoms with E-state index in [1.54, 1.807) is 13.8 Å². The normalized spacial score (nSPS) is 14.1. The summed E-state index contributed by atoms with van der Waals surface area (Å²) in [6.07, 6.45) is 0.512. The molecular formula is C12H20O4. The van der Waals surface area contributed by atoms with Crippen LogP contribution in [0.4, 0.5) is 0 Å². The van der Waals surface area contributed by atoms with Gasteiger partial charge in [-0.15, -0.1) is 0 Å². The molecule has 4 nitrogen and oxygen atoms in total. The van der Waals surface area contributed by atoms with Crippen molar-refractivity contribution in [2.24, 2.45) is 5.92 Å². The Bertz CT molecular complexity index is 258. The van der Waals surface area contributed by atoms with Gasteiger partial charge in [-0.2, -0.15) is 0 Å². The summed E-state index contributed by atoms with van der Waals surface area (Å²) in [5.74, 6) is -0.714. The van der Waals surface area contributed by atoms with Gasteiger partial charge in [0.25, 0.3) is 0 Å². The third-order valence-electron chi connectivity index (χ3n) is 2.14. The molecule has 0 N–H and O–H groups in total. The van der Waals surface area contributed by atoms with Crippen LogP contribution >= 0.6 is 0 Å². The topological polar surface area (TPSA) is 52.6 Å². The number of carbonyl (C=O) groups excluding carboxylic acids is 2. The Morgan fingerprint density at radius 3 is 2.19 bits per heavy atom. The van der Waals surface area contributed by atoms with Crippen LogP contribution in [0.2, 0.25) is 0 Å². The number of hydrogen-bond acceptors (Lipinski definition) is 4. The summed E-state index contributed by atoms with van der Waals surface area (Å²) in [4.78, 5) is 22.2. The van der Waals surface area contributed by atoms with Crippen LogP contribution in [0, 0.1) is 5.92 Å². The molecule has 0 aromatic heterocycles. The highest BCUT2D eigenvalue weighted by molar-refractivity contribution is 5.81. The lowest BCUT2D eigenvalue weighted by Crippen LogP contribution is -2.36. The highest BCUT2D eigenvalue weighted by atomic mass is 16.6. The van der Waals surface area contributed by atoms with E-state index >= 15 is 0 Å². The van der Waals surface area contributed by atoms with E-state index in [2.05, 4.69) is 6.58 Å². The fraction of sp³-hybridized carbons (Fsp3) is 0.667. The van der Waals surface area contributed by atoms with Crippen molar-refractivity contribution in [3.8, 4) is 0 Å².